The van der Waals surface area contributed by atoms with E-state index in [1.165, 1.54) is 0 Å². The molecule has 12 heteroatoms. The van der Waals surface area contributed by atoms with E-state index < -0.39 is 32.7 Å². The fourth-order valence-corrected chi connectivity index (χ4v) is 2.99. The van der Waals surface area contributed by atoms with Crippen LogP contribution < -0.4 is 5.32 Å². The van der Waals surface area contributed by atoms with Crippen molar-refractivity contribution >= 4 is 22.1 Å². The Kier molecular flexibility index (Phi) is 13.2. The molecule has 0 spiro atoms. The highest BCUT2D eigenvalue weighted by Gasteiger charge is 2.15. The number of morpholine rings is 1. The monoisotopic (exact) mass is 521 g/mol. The first-order valence-electron chi connectivity index (χ1n) is 10.4. The van der Waals surface area contributed by atoms with Crippen molar-refractivity contribution in [2.75, 3.05) is 26.3 Å². The van der Waals surface area contributed by atoms with Crippen molar-refractivity contribution in [3.05, 3.63) is 90.0 Å². The molecule has 0 radical (unpaired) electrons. The average Bonchev–Trinajstić information content (AvgIpc) is 2.88. The second-order valence-corrected chi connectivity index (χ2v) is 8.22. The number of ether oxygens (including phenoxy) is 1. The highest BCUT2D eigenvalue weighted by atomic mass is 32.2. The minimum atomic E-state index is -4.47. The molecular weight excluding hydrogens is 494 g/mol. The van der Waals surface area contributed by atoms with Crippen LogP contribution in [-0.4, -0.2) is 71.6 Å². The molecule has 6 N–H and O–H groups in total. The van der Waals surface area contributed by atoms with Gasteiger partial charge in [-0.2, -0.15) is 8.42 Å². The SMILES string of the molecule is C1COCCN1.O=C(O)c1ccccc1.O=C(O)c1ccccc1.O=S(=O)(O)c1cc(O)ccc1O. The number of carboxylic acid groups (broad SMARTS) is 2. The molecule has 3 aromatic rings. The third-order valence-corrected chi connectivity index (χ3v) is 4.99. The van der Waals surface area contributed by atoms with Gasteiger partial charge in [0.2, 0.25) is 0 Å². The second kappa shape index (κ2) is 15.8. The van der Waals surface area contributed by atoms with Gasteiger partial charge in [0.1, 0.15) is 16.4 Å². The number of nitrogens with one attached hydrogen (secondary N) is 1. The van der Waals surface area contributed by atoms with Gasteiger partial charge in [0.25, 0.3) is 10.1 Å². The van der Waals surface area contributed by atoms with Crippen LogP contribution in [0.15, 0.2) is 83.8 Å². The summed E-state index contributed by atoms with van der Waals surface area (Å²) in [6, 6.07) is 19.4. The third-order valence-electron chi connectivity index (χ3n) is 4.11. The Hall–Kier alpha value is -3.97. The minimum absolute atomic E-state index is 0.331. The molecule has 1 fully saturated rings. The van der Waals surface area contributed by atoms with E-state index in [9.17, 15) is 18.0 Å². The van der Waals surface area contributed by atoms with Crippen molar-refractivity contribution in [2.24, 2.45) is 0 Å². The van der Waals surface area contributed by atoms with E-state index in [0.717, 1.165) is 44.5 Å². The zero-order chi connectivity index (χ0) is 27.0. The molecule has 11 nitrogen and oxygen atoms in total. The molecular formula is C24H27NO10S. The molecule has 0 amide bonds. The number of aromatic hydroxyl groups is 2. The normalized spacial score (nSPS) is 12.2. The Labute approximate surface area is 208 Å². The van der Waals surface area contributed by atoms with Gasteiger partial charge < -0.3 is 30.5 Å². The van der Waals surface area contributed by atoms with E-state index in [2.05, 4.69) is 5.32 Å². The fraction of sp³-hybridized carbons (Fsp3) is 0.167. The molecule has 4 rings (SSSR count). The summed E-state index contributed by atoms with van der Waals surface area (Å²) in [6.45, 7) is 3.83. The molecule has 0 bridgehead atoms. The van der Waals surface area contributed by atoms with Crippen molar-refractivity contribution in [1.29, 1.82) is 0 Å². The molecule has 0 aliphatic carbocycles. The fourth-order valence-electron chi connectivity index (χ4n) is 2.39. The zero-order valence-corrected chi connectivity index (χ0v) is 19.8. The summed E-state index contributed by atoms with van der Waals surface area (Å²) < 4.78 is 34.5. The lowest BCUT2D eigenvalue weighted by molar-refractivity contribution is 0.0686. The standard InChI is InChI=1S/2C7H6O2.C6H6O5S.C4H9NO/c2*8-7(9)6-4-2-1-3-5-6;7-4-1-2-5(8)6(3-4)12(9,10)11;1-3-6-4-2-5-1/h2*1-5H,(H,8,9);1-3,7-8H,(H,9,10,11);5H,1-4H2. The quantitative estimate of drug-likeness (QED) is 0.219. The maximum absolute atomic E-state index is 10.5. The Bertz CT molecular complexity index is 1120. The lowest BCUT2D eigenvalue weighted by Crippen LogP contribution is -2.30. The van der Waals surface area contributed by atoms with Crippen molar-refractivity contribution in [3.8, 4) is 11.5 Å². The first-order valence-corrected chi connectivity index (χ1v) is 11.8. The van der Waals surface area contributed by atoms with E-state index in [0.29, 0.717) is 11.1 Å². The number of rotatable bonds is 3. The smallest absolute Gasteiger partial charge is 0.335 e. The summed E-state index contributed by atoms with van der Waals surface area (Å²) in [5, 5.41) is 37.7. The lowest BCUT2D eigenvalue weighted by atomic mass is 10.2. The molecule has 36 heavy (non-hydrogen) atoms. The molecule has 1 aliphatic heterocycles. The highest BCUT2D eigenvalue weighted by molar-refractivity contribution is 7.86. The molecule has 1 aliphatic rings. The van der Waals surface area contributed by atoms with E-state index >= 15 is 0 Å². The van der Waals surface area contributed by atoms with Gasteiger partial charge in [0.15, 0.2) is 0 Å². The van der Waals surface area contributed by atoms with E-state index in [-0.39, 0.29) is 5.75 Å². The molecule has 194 valence electrons. The molecule has 1 saturated heterocycles. The van der Waals surface area contributed by atoms with Gasteiger partial charge in [-0.25, -0.2) is 9.59 Å². The molecule has 0 unspecified atom stereocenters. The number of hydrogen-bond donors (Lipinski definition) is 6. The van der Waals surface area contributed by atoms with Crippen LogP contribution in [0, 0.1) is 0 Å². The second-order valence-electron chi connectivity index (χ2n) is 6.83. The minimum Gasteiger partial charge on any atom is -0.508 e. The zero-order valence-electron chi connectivity index (χ0n) is 19.0. The number of carbonyl (C=O) groups is 2. The Morgan fingerprint density at radius 2 is 1.19 bits per heavy atom. The number of carboxylic acids is 2. The number of phenols is 2. The predicted octanol–water partition coefficient (Wildman–Crippen LogP) is 2.72. The van der Waals surface area contributed by atoms with E-state index in [1.807, 2.05) is 0 Å². The van der Waals surface area contributed by atoms with Crippen molar-refractivity contribution < 1.29 is 47.7 Å². The maximum atomic E-state index is 10.5. The maximum Gasteiger partial charge on any atom is 0.335 e. The first kappa shape index (κ1) is 30.1. The topological polar surface area (TPSA) is 191 Å². The van der Waals surface area contributed by atoms with Crippen LogP contribution in [-0.2, 0) is 14.9 Å². The van der Waals surface area contributed by atoms with Crippen LogP contribution in [0.4, 0.5) is 0 Å². The van der Waals surface area contributed by atoms with Gasteiger partial charge in [0.05, 0.1) is 24.3 Å². The van der Waals surface area contributed by atoms with Crippen LogP contribution >= 0.6 is 0 Å². The molecule has 0 atom stereocenters. The molecule has 1 heterocycles. The van der Waals surface area contributed by atoms with Crippen LogP contribution in [0.3, 0.4) is 0 Å². The number of hydrogen-bond acceptors (Lipinski definition) is 8. The van der Waals surface area contributed by atoms with Crippen molar-refractivity contribution in [1.82, 2.24) is 5.32 Å². The first-order chi connectivity index (χ1) is 17.0. The van der Waals surface area contributed by atoms with Gasteiger partial charge in [-0.15, -0.1) is 0 Å². The summed E-state index contributed by atoms with van der Waals surface area (Å²) in [5.74, 6) is -2.71. The Morgan fingerprint density at radius 1 is 0.750 bits per heavy atom. The summed E-state index contributed by atoms with van der Waals surface area (Å²) in [5.41, 5.74) is 0.662. The van der Waals surface area contributed by atoms with Crippen molar-refractivity contribution in [3.63, 3.8) is 0 Å². The van der Waals surface area contributed by atoms with Gasteiger partial charge in [-0.3, -0.25) is 4.55 Å². The average molecular weight is 522 g/mol. The van der Waals surface area contributed by atoms with Crippen molar-refractivity contribution in [2.45, 2.75) is 4.90 Å². The van der Waals surface area contributed by atoms with Crippen LogP contribution in [0.25, 0.3) is 0 Å². The number of aromatic carboxylic acids is 2. The van der Waals surface area contributed by atoms with Crippen LogP contribution in [0.5, 0.6) is 11.5 Å². The molecule has 0 aromatic heterocycles. The Morgan fingerprint density at radius 3 is 1.44 bits per heavy atom. The van der Waals surface area contributed by atoms with Gasteiger partial charge in [-0.1, -0.05) is 36.4 Å². The summed E-state index contributed by atoms with van der Waals surface area (Å²) in [6.07, 6.45) is 0. The molecule has 3 aromatic carbocycles. The van der Waals surface area contributed by atoms with Gasteiger partial charge in [0, 0.05) is 19.2 Å². The lowest BCUT2D eigenvalue weighted by Gasteiger charge is -2.10. The summed E-state index contributed by atoms with van der Waals surface area (Å²) in [7, 11) is -4.47. The van der Waals surface area contributed by atoms with E-state index in [1.54, 1.807) is 60.7 Å². The summed E-state index contributed by atoms with van der Waals surface area (Å²) >= 11 is 0. The number of benzene rings is 3. The predicted molar refractivity (Wildman–Crippen MR) is 130 cm³/mol. The number of phenolic OH excluding ortho intramolecular Hbond substituents is 2. The van der Waals surface area contributed by atoms with Crippen LogP contribution in [0.2, 0.25) is 0 Å². The van der Waals surface area contributed by atoms with Gasteiger partial charge in [-0.05, 0) is 36.4 Å². The largest absolute Gasteiger partial charge is 0.508 e. The Balaban J connectivity index is 0.000000246. The molecule has 0 saturated carbocycles. The highest BCUT2D eigenvalue weighted by Crippen LogP contribution is 2.25. The summed E-state index contributed by atoms with van der Waals surface area (Å²) in [4.78, 5) is 19.7. The van der Waals surface area contributed by atoms with Crippen LogP contribution in [0.1, 0.15) is 20.7 Å². The van der Waals surface area contributed by atoms with Gasteiger partial charge >= 0.3 is 11.9 Å². The third kappa shape index (κ3) is 12.5. The van der Waals surface area contributed by atoms with E-state index in [4.69, 9.17) is 29.7 Å².